The second-order valence-electron chi connectivity index (χ2n) is 5.53. The van der Waals surface area contributed by atoms with Crippen molar-refractivity contribution in [3.8, 4) is 0 Å². The molecule has 0 radical (unpaired) electrons. The molecule has 0 unspecified atom stereocenters. The number of imidazole rings is 1. The number of carbonyl (C=O) groups is 1. The van der Waals surface area contributed by atoms with Crippen molar-refractivity contribution in [3.63, 3.8) is 0 Å². The molecule has 5 heteroatoms. The molecule has 0 saturated heterocycles. The first-order valence-electron chi connectivity index (χ1n) is 6.60. The smallest absolute Gasteiger partial charge is 0.357 e. The van der Waals surface area contributed by atoms with E-state index in [1.165, 1.54) is 24.0 Å². The number of hydrogen-bond donors (Lipinski definition) is 1. The van der Waals surface area contributed by atoms with Crippen LogP contribution in [0.2, 0.25) is 5.15 Å². The molecule has 98 valence electrons. The second-order valence-corrected chi connectivity index (χ2v) is 5.89. The minimum atomic E-state index is -1.07. The minimum absolute atomic E-state index is 0.0449. The summed E-state index contributed by atoms with van der Waals surface area (Å²) in [6, 6.07) is 2.21. The number of aromatic carboxylic acids is 1. The SMILES string of the molecule is O=C(O)c1nc2c(C3CC3)cc(C3CC3)cn2c1Cl. The first-order chi connectivity index (χ1) is 9.15. The summed E-state index contributed by atoms with van der Waals surface area (Å²) in [6.07, 6.45) is 6.72. The van der Waals surface area contributed by atoms with Crippen molar-refractivity contribution >= 4 is 23.2 Å². The van der Waals surface area contributed by atoms with E-state index in [1.54, 1.807) is 4.40 Å². The molecular formula is C14H13ClN2O2. The second kappa shape index (κ2) is 3.73. The predicted molar refractivity (Wildman–Crippen MR) is 71.1 cm³/mol. The lowest BCUT2D eigenvalue weighted by atomic mass is 10.1. The molecule has 4 rings (SSSR count). The molecule has 2 saturated carbocycles. The molecule has 0 aliphatic heterocycles. The van der Waals surface area contributed by atoms with Crippen molar-refractivity contribution in [2.24, 2.45) is 0 Å². The summed E-state index contributed by atoms with van der Waals surface area (Å²) in [5.74, 6) is 0.0818. The molecule has 0 amide bonds. The predicted octanol–water partition coefficient (Wildman–Crippen LogP) is 3.44. The number of carboxylic acid groups (broad SMARTS) is 1. The summed E-state index contributed by atoms with van der Waals surface area (Å²) < 4.78 is 1.76. The van der Waals surface area contributed by atoms with Crippen LogP contribution in [-0.2, 0) is 0 Å². The van der Waals surface area contributed by atoms with E-state index in [-0.39, 0.29) is 10.8 Å². The Balaban J connectivity index is 2.00. The summed E-state index contributed by atoms with van der Waals surface area (Å²) in [5.41, 5.74) is 3.11. The number of halogens is 1. The highest BCUT2D eigenvalue weighted by Gasteiger charge is 2.32. The van der Waals surface area contributed by atoms with E-state index in [1.807, 2.05) is 6.20 Å². The number of aromatic nitrogens is 2. The number of pyridine rings is 1. The Kier molecular flexibility index (Phi) is 2.22. The fraction of sp³-hybridized carbons (Fsp3) is 0.429. The largest absolute Gasteiger partial charge is 0.476 e. The molecule has 2 aliphatic carbocycles. The number of nitrogens with zero attached hydrogens (tertiary/aromatic N) is 2. The summed E-state index contributed by atoms with van der Waals surface area (Å²) in [4.78, 5) is 15.4. The van der Waals surface area contributed by atoms with Crippen LogP contribution in [0.3, 0.4) is 0 Å². The maximum Gasteiger partial charge on any atom is 0.357 e. The van der Waals surface area contributed by atoms with E-state index in [0.717, 1.165) is 12.8 Å². The lowest BCUT2D eigenvalue weighted by molar-refractivity contribution is 0.0691. The molecule has 0 bridgehead atoms. The normalized spacial score (nSPS) is 19.0. The van der Waals surface area contributed by atoms with Crippen LogP contribution < -0.4 is 0 Å². The number of carboxylic acids is 1. The van der Waals surface area contributed by atoms with E-state index in [4.69, 9.17) is 16.7 Å². The fourth-order valence-corrected chi connectivity index (χ4v) is 2.89. The van der Waals surface area contributed by atoms with Crippen molar-refractivity contribution in [2.75, 3.05) is 0 Å². The minimum Gasteiger partial charge on any atom is -0.476 e. The molecule has 2 aliphatic rings. The van der Waals surface area contributed by atoms with E-state index in [0.29, 0.717) is 17.5 Å². The van der Waals surface area contributed by atoms with E-state index in [9.17, 15) is 4.79 Å². The van der Waals surface area contributed by atoms with Crippen molar-refractivity contribution in [3.05, 3.63) is 34.2 Å². The Labute approximate surface area is 115 Å². The van der Waals surface area contributed by atoms with Gasteiger partial charge in [-0.1, -0.05) is 17.7 Å². The maximum absolute atomic E-state index is 11.2. The molecular weight excluding hydrogens is 264 g/mol. The zero-order chi connectivity index (χ0) is 13.1. The number of fused-ring (bicyclic) bond motifs is 1. The number of hydrogen-bond acceptors (Lipinski definition) is 2. The topological polar surface area (TPSA) is 54.6 Å². The van der Waals surface area contributed by atoms with Gasteiger partial charge in [0.2, 0.25) is 0 Å². The molecule has 2 aromatic rings. The Morgan fingerprint density at radius 1 is 1.32 bits per heavy atom. The molecule has 0 spiro atoms. The van der Waals surface area contributed by atoms with Crippen molar-refractivity contribution < 1.29 is 9.90 Å². The summed E-state index contributed by atoms with van der Waals surface area (Å²) in [5, 5.41) is 9.36. The standard InChI is InChI=1S/C14H13ClN2O2/c15-12-11(14(18)19)16-13-10(8-3-4-8)5-9(6-17(12)13)7-1-2-7/h5-8H,1-4H2,(H,18,19). The van der Waals surface area contributed by atoms with Crippen LogP contribution in [0.5, 0.6) is 0 Å². The monoisotopic (exact) mass is 276 g/mol. The quantitative estimate of drug-likeness (QED) is 0.934. The fourth-order valence-electron chi connectivity index (χ4n) is 2.64. The van der Waals surface area contributed by atoms with Gasteiger partial charge in [-0.3, -0.25) is 4.40 Å². The molecule has 0 atom stereocenters. The molecule has 0 aromatic carbocycles. The van der Waals surface area contributed by atoms with Crippen LogP contribution in [0, 0.1) is 0 Å². The number of rotatable bonds is 3. The molecule has 4 nitrogen and oxygen atoms in total. The van der Waals surface area contributed by atoms with Crippen LogP contribution >= 0.6 is 11.6 Å². The van der Waals surface area contributed by atoms with Gasteiger partial charge in [-0.2, -0.15) is 0 Å². The van der Waals surface area contributed by atoms with Crippen molar-refractivity contribution in [2.45, 2.75) is 37.5 Å². The van der Waals surface area contributed by atoms with Crippen molar-refractivity contribution in [1.82, 2.24) is 9.38 Å². The van der Waals surface area contributed by atoms with Gasteiger partial charge in [-0.15, -0.1) is 0 Å². The van der Waals surface area contributed by atoms with Crippen LogP contribution in [0.15, 0.2) is 12.3 Å². The molecule has 2 fully saturated rings. The van der Waals surface area contributed by atoms with Crippen LogP contribution in [-0.4, -0.2) is 20.5 Å². The van der Waals surface area contributed by atoms with Gasteiger partial charge in [-0.05, 0) is 48.6 Å². The van der Waals surface area contributed by atoms with Gasteiger partial charge < -0.3 is 5.11 Å². The first-order valence-corrected chi connectivity index (χ1v) is 6.97. The van der Waals surface area contributed by atoms with Gasteiger partial charge in [0.1, 0.15) is 10.8 Å². The van der Waals surface area contributed by atoms with E-state index in [2.05, 4.69) is 11.1 Å². The average Bonchev–Trinajstić information content (AvgIpc) is 3.26. The van der Waals surface area contributed by atoms with Gasteiger partial charge in [-0.25, -0.2) is 9.78 Å². The van der Waals surface area contributed by atoms with Crippen LogP contribution in [0.1, 0.15) is 59.1 Å². The van der Waals surface area contributed by atoms with Crippen LogP contribution in [0.4, 0.5) is 0 Å². The van der Waals surface area contributed by atoms with Gasteiger partial charge in [0.05, 0.1) is 0 Å². The highest BCUT2D eigenvalue weighted by Crippen LogP contribution is 2.46. The van der Waals surface area contributed by atoms with E-state index >= 15 is 0 Å². The van der Waals surface area contributed by atoms with Gasteiger partial charge in [0.15, 0.2) is 5.69 Å². The average molecular weight is 277 g/mol. The lowest BCUT2D eigenvalue weighted by Crippen LogP contribution is -1.97. The zero-order valence-corrected chi connectivity index (χ0v) is 11.0. The molecule has 2 aromatic heterocycles. The van der Waals surface area contributed by atoms with Gasteiger partial charge >= 0.3 is 5.97 Å². The summed E-state index contributed by atoms with van der Waals surface area (Å²) in [6.45, 7) is 0. The molecule has 1 N–H and O–H groups in total. The van der Waals surface area contributed by atoms with Gasteiger partial charge in [0.25, 0.3) is 0 Å². The third kappa shape index (κ3) is 1.74. The third-order valence-corrected chi connectivity index (χ3v) is 4.34. The highest BCUT2D eigenvalue weighted by atomic mass is 35.5. The van der Waals surface area contributed by atoms with E-state index < -0.39 is 5.97 Å². The van der Waals surface area contributed by atoms with Crippen molar-refractivity contribution in [1.29, 1.82) is 0 Å². The summed E-state index contributed by atoms with van der Waals surface area (Å²) >= 11 is 6.17. The molecule has 19 heavy (non-hydrogen) atoms. The zero-order valence-electron chi connectivity index (χ0n) is 10.3. The third-order valence-electron chi connectivity index (χ3n) is 3.98. The maximum atomic E-state index is 11.2. The Morgan fingerprint density at radius 3 is 2.58 bits per heavy atom. The Bertz CT molecular complexity index is 699. The highest BCUT2D eigenvalue weighted by molar-refractivity contribution is 6.32. The molecule has 2 heterocycles. The van der Waals surface area contributed by atoms with Gasteiger partial charge in [0, 0.05) is 6.20 Å². The Hall–Kier alpha value is -1.55. The summed E-state index contributed by atoms with van der Waals surface area (Å²) in [7, 11) is 0. The van der Waals surface area contributed by atoms with Crippen LogP contribution in [0.25, 0.3) is 5.65 Å². The lowest BCUT2D eigenvalue weighted by Gasteiger charge is -2.07. The first kappa shape index (κ1) is 11.3. The Morgan fingerprint density at radius 2 is 2.00 bits per heavy atom.